The van der Waals surface area contributed by atoms with Gasteiger partial charge in [0.05, 0.1) is 6.10 Å². The van der Waals surface area contributed by atoms with Crippen LogP contribution in [0.4, 0.5) is 0 Å². The van der Waals surface area contributed by atoms with Crippen molar-refractivity contribution in [2.75, 3.05) is 0 Å². The van der Waals surface area contributed by atoms with Crippen molar-refractivity contribution in [2.45, 2.75) is 60.0 Å². The number of rotatable bonds is 3. The van der Waals surface area contributed by atoms with Crippen LogP contribution in [0.3, 0.4) is 0 Å². The summed E-state index contributed by atoms with van der Waals surface area (Å²) >= 11 is 0. The number of aliphatic hydroxyl groups excluding tert-OH is 1. The van der Waals surface area contributed by atoms with E-state index in [-0.39, 0.29) is 6.10 Å². The third-order valence-electron chi connectivity index (χ3n) is 4.65. The molecule has 0 aliphatic heterocycles. The number of aliphatic hydroxyl groups is 1. The van der Waals surface area contributed by atoms with Crippen LogP contribution in [0.1, 0.15) is 53.9 Å². The molecule has 0 saturated heterocycles. The summed E-state index contributed by atoms with van der Waals surface area (Å²) in [6.07, 6.45) is 5.78. The van der Waals surface area contributed by atoms with Gasteiger partial charge in [0.2, 0.25) is 0 Å². The Bertz CT molecular complexity index is 238. The van der Waals surface area contributed by atoms with Gasteiger partial charge in [0.1, 0.15) is 0 Å². The first kappa shape index (κ1) is 12.8. The van der Waals surface area contributed by atoms with Gasteiger partial charge in [0, 0.05) is 0 Å². The molecule has 1 fully saturated rings. The highest BCUT2D eigenvalue weighted by Crippen LogP contribution is 2.48. The molecule has 3 atom stereocenters. The van der Waals surface area contributed by atoms with Crippen molar-refractivity contribution in [1.29, 1.82) is 0 Å². The van der Waals surface area contributed by atoms with Crippen molar-refractivity contribution in [3.63, 3.8) is 0 Å². The molecule has 0 heterocycles. The average molecular weight is 210 g/mol. The van der Waals surface area contributed by atoms with Crippen molar-refractivity contribution in [1.82, 2.24) is 0 Å². The Morgan fingerprint density at radius 2 is 2.07 bits per heavy atom. The summed E-state index contributed by atoms with van der Waals surface area (Å²) in [4.78, 5) is 0. The van der Waals surface area contributed by atoms with Gasteiger partial charge in [-0.2, -0.15) is 0 Å². The van der Waals surface area contributed by atoms with E-state index in [4.69, 9.17) is 0 Å². The van der Waals surface area contributed by atoms with E-state index >= 15 is 0 Å². The minimum Gasteiger partial charge on any atom is -0.389 e. The second kappa shape index (κ2) is 4.69. The zero-order chi connectivity index (χ0) is 11.6. The van der Waals surface area contributed by atoms with Gasteiger partial charge in [-0.1, -0.05) is 26.8 Å². The topological polar surface area (TPSA) is 20.2 Å². The molecule has 0 spiro atoms. The summed E-state index contributed by atoms with van der Waals surface area (Å²) in [6, 6.07) is 0. The molecule has 1 N–H and O–H groups in total. The average Bonchev–Trinajstić information content (AvgIpc) is 2.39. The van der Waals surface area contributed by atoms with Gasteiger partial charge in [-0.3, -0.25) is 0 Å². The van der Waals surface area contributed by atoms with E-state index in [1.807, 2.05) is 13.8 Å². The van der Waals surface area contributed by atoms with Crippen molar-refractivity contribution < 1.29 is 5.11 Å². The van der Waals surface area contributed by atoms with Crippen LogP contribution in [0.2, 0.25) is 0 Å². The second-order valence-corrected chi connectivity index (χ2v) is 5.86. The third-order valence-corrected chi connectivity index (χ3v) is 4.65. The Balaban J connectivity index is 2.57. The predicted octanol–water partition coefficient (Wildman–Crippen LogP) is 3.78. The summed E-state index contributed by atoms with van der Waals surface area (Å²) in [5.74, 6) is 1.63. The smallest absolute Gasteiger partial charge is 0.0719 e. The molecule has 0 aromatic rings. The summed E-state index contributed by atoms with van der Waals surface area (Å²) in [5, 5.41) is 9.41. The predicted molar refractivity (Wildman–Crippen MR) is 65.7 cm³/mol. The largest absolute Gasteiger partial charge is 0.389 e. The maximum Gasteiger partial charge on any atom is 0.0719 e. The standard InChI is InChI=1S/C14H26O/c1-10(12(3)15)6-8-13-9-7-11(2)14(13,4)5/h6,11-13,15H,7-9H2,1-5H3/b10-6+. The van der Waals surface area contributed by atoms with E-state index in [0.717, 1.165) is 23.8 Å². The highest BCUT2D eigenvalue weighted by atomic mass is 16.3. The summed E-state index contributed by atoms with van der Waals surface area (Å²) in [7, 11) is 0. The highest BCUT2D eigenvalue weighted by molar-refractivity contribution is 5.05. The Morgan fingerprint density at radius 1 is 1.47 bits per heavy atom. The molecule has 0 radical (unpaired) electrons. The maximum atomic E-state index is 9.41. The van der Waals surface area contributed by atoms with Crippen LogP contribution in [0.5, 0.6) is 0 Å². The quantitative estimate of drug-likeness (QED) is 0.703. The highest BCUT2D eigenvalue weighted by Gasteiger charge is 2.39. The molecule has 1 saturated carbocycles. The molecule has 0 amide bonds. The van der Waals surface area contributed by atoms with Crippen LogP contribution >= 0.6 is 0 Å². The molecule has 0 aromatic heterocycles. The Labute approximate surface area is 94.6 Å². The number of hydrogen-bond acceptors (Lipinski definition) is 1. The Morgan fingerprint density at radius 3 is 2.47 bits per heavy atom. The number of allylic oxidation sites excluding steroid dienone is 1. The second-order valence-electron chi connectivity index (χ2n) is 5.86. The van der Waals surface area contributed by atoms with Gasteiger partial charge in [-0.15, -0.1) is 0 Å². The minimum atomic E-state index is -0.285. The lowest BCUT2D eigenvalue weighted by atomic mass is 9.75. The first-order chi connectivity index (χ1) is 6.85. The molecular weight excluding hydrogens is 184 g/mol. The van der Waals surface area contributed by atoms with Crippen LogP contribution in [0.15, 0.2) is 11.6 Å². The third kappa shape index (κ3) is 2.84. The van der Waals surface area contributed by atoms with Crippen LogP contribution in [0.25, 0.3) is 0 Å². The van der Waals surface area contributed by atoms with Gasteiger partial charge in [0.25, 0.3) is 0 Å². The van der Waals surface area contributed by atoms with Crippen molar-refractivity contribution in [3.05, 3.63) is 11.6 Å². The SMILES string of the molecule is C/C(=C\CC1CCC(C)C1(C)C)C(C)O. The maximum absolute atomic E-state index is 9.41. The normalized spacial score (nSPS) is 33.1. The van der Waals surface area contributed by atoms with E-state index in [1.54, 1.807) is 0 Å². The molecule has 1 heteroatoms. The fourth-order valence-electron chi connectivity index (χ4n) is 2.52. The number of hydrogen-bond donors (Lipinski definition) is 1. The summed E-state index contributed by atoms with van der Waals surface area (Å²) < 4.78 is 0. The molecule has 88 valence electrons. The van der Waals surface area contributed by atoms with E-state index in [9.17, 15) is 5.11 Å². The molecule has 15 heavy (non-hydrogen) atoms. The van der Waals surface area contributed by atoms with Gasteiger partial charge in [-0.25, -0.2) is 0 Å². The fraction of sp³-hybridized carbons (Fsp3) is 0.857. The monoisotopic (exact) mass is 210 g/mol. The van der Waals surface area contributed by atoms with Crippen LogP contribution in [0, 0.1) is 17.3 Å². The van der Waals surface area contributed by atoms with Gasteiger partial charge in [0.15, 0.2) is 0 Å². The van der Waals surface area contributed by atoms with Gasteiger partial charge < -0.3 is 5.11 Å². The molecule has 1 rings (SSSR count). The van der Waals surface area contributed by atoms with E-state index in [0.29, 0.717) is 5.41 Å². The molecule has 1 nitrogen and oxygen atoms in total. The zero-order valence-electron chi connectivity index (χ0n) is 10.9. The fourth-order valence-corrected chi connectivity index (χ4v) is 2.52. The Kier molecular flexibility index (Phi) is 3.99. The summed E-state index contributed by atoms with van der Waals surface area (Å²) in [6.45, 7) is 11.0. The van der Waals surface area contributed by atoms with Gasteiger partial charge in [-0.05, 0) is 55.9 Å². The van der Waals surface area contributed by atoms with E-state index in [1.165, 1.54) is 12.8 Å². The molecule has 1 aliphatic carbocycles. The lowest BCUT2D eigenvalue weighted by Gasteiger charge is -2.30. The minimum absolute atomic E-state index is 0.285. The van der Waals surface area contributed by atoms with E-state index in [2.05, 4.69) is 26.8 Å². The van der Waals surface area contributed by atoms with E-state index < -0.39 is 0 Å². The first-order valence-electron chi connectivity index (χ1n) is 6.20. The van der Waals surface area contributed by atoms with Crippen molar-refractivity contribution in [2.24, 2.45) is 17.3 Å². The molecule has 1 aliphatic rings. The molecule has 0 bridgehead atoms. The zero-order valence-corrected chi connectivity index (χ0v) is 10.9. The lowest BCUT2D eigenvalue weighted by Crippen LogP contribution is -2.23. The molecular formula is C14H26O. The van der Waals surface area contributed by atoms with Crippen molar-refractivity contribution in [3.8, 4) is 0 Å². The van der Waals surface area contributed by atoms with Crippen LogP contribution in [-0.2, 0) is 0 Å². The summed E-state index contributed by atoms with van der Waals surface area (Å²) in [5.41, 5.74) is 1.58. The molecule has 3 unspecified atom stereocenters. The lowest BCUT2D eigenvalue weighted by molar-refractivity contribution is 0.197. The van der Waals surface area contributed by atoms with Gasteiger partial charge >= 0.3 is 0 Å². The van der Waals surface area contributed by atoms with Crippen molar-refractivity contribution >= 4 is 0 Å². The van der Waals surface area contributed by atoms with Crippen LogP contribution < -0.4 is 0 Å². The molecule has 0 aromatic carbocycles. The first-order valence-corrected chi connectivity index (χ1v) is 6.20. The Hall–Kier alpha value is -0.300. The van der Waals surface area contributed by atoms with Crippen LogP contribution in [-0.4, -0.2) is 11.2 Å².